The summed E-state index contributed by atoms with van der Waals surface area (Å²) in [6.45, 7) is 4.64. The number of carbonyl (C=O) groups excluding carboxylic acids is 2. The summed E-state index contributed by atoms with van der Waals surface area (Å²) in [6.07, 6.45) is 3.23. The Labute approximate surface area is 126 Å². The highest BCUT2D eigenvalue weighted by atomic mass is 16.5. The van der Waals surface area contributed by atoms with Crippen LogP contribution < -0.4 is 5.32 Å². The van der Waals surface area contributed by atoms with Crippen molar-refractivity contribution in [3.8, 4) is 0 Å². The minimum Gasteiger partial charge on any atom is -0.469 e. The van der Waals surface area contributed by atoms with Crippen LogP contribution in [0, 0.1) is 5.92 Å². The second-order valence-electron chi connectivity index (χ2n) is 5.77. The molecule has 0 radical (unpaired) electrons. The maximum absolute atomic E-state index is 12.8. The molecule has 2 aliphatic heterocycles. The molecule has 1 N–H and O–H groups in total. The molecule has 0 aromatic carbocycles. The summed E-state index contributed by atoms with van der Waals surface area (Å²) < 4.78 is 10.2. The van der Waals surface area contributed by atoms with Gasteiger partial charge in [-0.2, -0.15) is 0 Å². The quantitative estimate of drug-likeness (QED) is 0.751. The molecule has 3 atom stereocenters. The third-order valence-corrected chi connectivity index (χ3v) is 4.40. The van der Waals surface area contributed by atoms with Crippen LogP contribution in [0.3, 0.4) is 0 Å². The van der Waals surface area contributed by atoms with E-state index in [4.69, 9.17) is 9.47 Å². The summed E-state index contributed by atoms with van der Waals surface area (Å²) in [5.74, 6) is -0.263. The second-order valence-corrected chi connectivity index (χ2v) is 5.77. The minimum absolute atomic E-state index is 0.0263. The lowest BCUT2D eigenvalue weighted by Gasteiger charge is -2.37. The zero-order chi connectivity index (χ0) is 15.2. The van der Waals surface area contributed by atoms with E-state index in [1.165, 1.54) is 7.11 Å². The first kappa shape index (κ1) is 16.2. The Kier molecular flexibility index (Phi) is 5.99. The number of rotatable bonds is 5. The largest absolute Gasteiger partial charge is 0.469 e. The summed E-state index contributed by atoms with van der Waals surface area (Å²) in [5, 5.41) is 3.32. The molecule has 2 aliphatic rings. The summed E-state index contributed by atoms with van der Waals surface area (Å²) >= 11 is 0. The Morgan fingerprint density at radius 2 is 2.14 bits per heavy atom. The molecule has 6 heteroatoms. The standard InChI is InChI=1S/C15H26N2O4/c1-3-16-13-10-21-9-12(13)15(19)17-7-5-4-6-11(17)8-14(18)20-2/h11-13,16H,3-10H2,1-2H3. The maximum Gasteiger partial charge on any atom is 0.307 e. The lowest BCUT2D eigenvalue weighted by Crippen LogP contribution is -2.51. The van der Waals surface area contributed by atoms with Gasteiger partial charge >= 0.3 is 5.97 Å². The molecule has 6 nitrogen and oxygen atoms in total. The monoisotopic (exact) mass is 298 g/mol. The fraction of sp³-hybridized carbons (Fsp3) is 0.867. The van der Waals surface area contributed by atoms with Gasteiger partial charge in [0.05, 0.1) is 32.7 Å². The van der Waals surface area contributed by atoms with E-state index in [9.17, 15) is 9.59 Å². The summed E-state index contributed by atoms with van der Waals surface area (Å²) in [7, 11) is 1.39. The Bertz CT molecular complexity index is 375. The molecule has 21 heavy (non-hydrogen) atoms. The Balaban J connectivity index is 2.02. The summed E-state index contributed by atoms with van der Waals surface area (Å²) in [5.41, 5.74) is 0. The second kappa shape index (κ2) is 7.75. The zero-order valence-electron chi connectivity index (χ0n) is 13.0. The molecule has 0 bridgehead atoms. The van der Waals surface area contributed by atoms with E-state index in [1.54, 1.807) is 0 Å². The normalized spacial score (nSPS) is 29.4. The Hall–Kier alpha value is -1.14. The van der Waals surface area contributed by atoms with Crippen LogP contribution in [0.4, 0.5) is 0 Å². The lowest BCUT2D eigenvalue weighted by atomic mass is 9.95. The third kappa shape index (κ3) is 3.95. The van der Waals surface area contributed by atoms with Gasteiger partial charge in [0.15, 0.2) is 0 Å². The molecule has 2 saturated heterocycles. The number of likely N-dealkylation sites (tertiary alicyclic amines) is 1. The number of esters is 1. The number of methoxy groups -OCH3 is 1. The lowest BCUT2D eigenvalue weighted by molar-refractivity contribution is -0.146. The first-order valence-electron chi connectivity index (χ1n) is 7.85. The van der Waals surface area contributed by atoms with Crippen molar-refractivity contribution < 1.29 is 19.1 Å². The molecular formula is C15H26N2O4. The highest BCUT2D eigenvalue weighted by molar-refractivity contribution is 5.81. The van der Waals surface area contributed by atoms with E-state index in [1.807, 2.05) is 11.8 Å². The van der Waals surface area contributed by atoms with Gasteiger partial charge < -0.3 is 19.7 Å². The predicted octanol–water partition coefficient (Wildman–Crippen LogP) is 0.555. The van der Waals surface area contributed by atoms with E-state index in [0.29, 0.717) is 19.6 Å². The molecule has 0 saturated carbocycles. The van der Waals surface area contributed by atoms with Gasteiger partial charge in [-0.05, 0) is 25.8 Å². The zero-order valence-corrected chi connectivity index (χ0v) is 13.0. The van der Waals surface area contributed by atoms with Crippen molar-refractivity contribution >= 4 is 11.9 Å². The molecule has 0 spiro atoms. The average molecular weight is 298 g/mol. The van der Waals surface area contributed by atoms with Crippen molar-refractivity contribution in [2.24, 2.45) is 5.92 Å². The van der Waals surface area contributed by atoms with Crippen LogP contribution in [0.2, 0.25) is 0 Å². The van der Waals surface area contributed by atoms with E-state index >= 15 is 0 Å². The SMILES string of the molecule is CCNC1COCC1C(=O)N1CCCCC1CC(=O)OC. The van der Waals surface area contributed by atoms with Gasteiger partial charge in [-0.1, -0.05) is 6.92 Å². The fourth-order valence-electron chi connectivity index (χ4n) is 3.25. The molecule has 3 unspecified atom stereocenters. The van der Waals surface area contributed by atoms with Crippen LogP contribution in [0.5, 0.6) is 0 Å². The maximum atomic E-state index is 12.8. The number of nitrogens with zero attached hydrogens (tertiary/aromatic N) is 1. The minimum atomic E-state index is -0.245. The summed E-state index contributed by atoms with van der Waals surface area (Å²) in [6, 6.07) is 0.0600. The number of amides is 1. The van der Waals surface area contributed by atoms with Crippen molar-refractivity contribution in [1.29, 1.82) is 0 Å². The number of hydrogen-bond acceptors (Lipinski definition) is 5. The van der Waals surface area contributed by atoms with Gasteiger partial charge in [-0.3, -0.25) is 9.59 Å². The van der Waals surface area contributed by atoms with Crippen LogP contribution in [0.15, 0.2) is 0 Å². The summed E-state index contributed by atoms with van der Waals surface area (Å²) in [4.78, 5) is 26.2. The number of ether oxygens (including phenoxy) is 2. The van der Waals surface area contributed by atoms with E-state index in [0.717, 1.165) is 32.4 Å². The van der Waals surface area contributed by atoms with Crippen LogP contribution in [0.25, 0.3) is 0 Å². The molecule has 2 heterocycles. The molecule has 2 rings (SSSR count). The number of piperidine rings is 1. The van der Waals surface area contributed by atoms with Crippen LogP contribution in [0.1, 0.15) is 32.6 Å². The van der Waals surface area contributed by atoms with Crippen molar-refractivity contribution in [3.05, 3.63) is 0 Å². The van der Waals surface area contributed by atoms with E-state index in [2.05, 4.69) is 5.32 Å². The number of nitrogens with one attached hydrogen (secondary N) is 1. The molecule has 0 aromatic heterocycles. The predicted molar refractivity (Wildman–Crippen MR) is 77.8 cm³/mol. The molecule has 120 valence electrons. The first-order valence-corrected chi connectivity index (χ1v) is 7.85. The highest BCUT2D eigenvalue weighted by Crippen LogP contribution is 2.25. The molecule has 0 aliphatic carbocycles. The molecule has 1 amide bonds. The molecular weight excluding hydrogens is 272 g/mol. The van der Waals surface area contributed by atoms with Gasteiger partial charge in [0.2, 0.25) is 5.91 Å². The highest BCUT2D eigenvalue weighted by Gasteiger charge is 2.39. The Morgan fingerprint density at radius 3 is 2.86 bits per heavy atom. The fourth-order valence-corrected chi connectivity index (χ4v) is 3.25. The van der Waals surface area contributed by atoms with Crippen LogP contribution in [-0.4, -0.2) is 62.3 Å². The van der Waals surface area contributed by atoms with Gasteiger partial charge in [-0.15, -0.1) is 0 Å². The molecule has 2 fully saturated rings. The number of carbonyl (C=O) groups is 2. The van der Waals surface area contributed by atoms with Crippen molar-refractivity contribution in [3.63, 3.8) is 0 Å². The topological polar surface area (TPSA) is 67.9 Å². The van der Waals surface area contributed by atoms with Crippen molar-refractivity contribution in [2.45, 2.75) is 44.7 Å². The number of likely N-dealkylation sites (N-methyl/N-ethyl adjacent to an activating group) is 1. The number of hydrogen-bond donors (Lipinski definition) is 1. The van der Waals surface area contributed by atoms with E-state index in [-0.39, 0.29) is 29.9 Å². The van der Waals surface area contributed by atoms with Crippen molar-refractivity contribution in [1.82, 2.24) is 10.2 Å². The van der Waals surface area contributed by atoms with E-state index < -0.39 is 0 Å². The van der Waals surface area contributed by atoms with Gasteiger partial charge in [0.25, 0.3) is 0 Å². The van der Waals surface area contributed by atoms with Gasteiger partial charge in [-0.25, -0.2) is 0 Å². The van der Waals surface area contributed by atoms with Gasteiger partial charge in [0.1, 0.15) is 0 Å². The average Bonchev–Trinajstić information content (AvgIpc) is 2.95. The van der Waals surface area contributed by atoms with Crippen LogP contribution >= 0.6 is 0 Å². The Morgan fingerprint density at radius 1 is 1.33 bits per heavy atom. The van der Waals surface area contributed by atoms with Crippen molar-refractivity contribution in [2.75, 3.05) is 33.4 Å². The molecule has 0 aromatic rings. The third-order valence-electron chi connectivity index (χ3n) is 4.40. The first-order chi connectivity index (χ1) is 10.2. The van der Waals surface area contributed by atoms with Crippen LogP contribution in [-0.2, 0) is 19.1 Å². The smallest absolute Gasteiger partial charge is 0.307 e. The van der Waals surface area contributed by atoms with Gasteiger partial charge in [0, 0.05) is 18.6 Å².